The van der Waals surface area contributed by atoms with Crippen molar-refractivity contribution < 1.29 is 9.53 Å². The minimum Gasteiger partial charge on any atom is -0.468 e. The molecule has 0 aliphatic carbocycles. The van der Waals surface area contributed by atoms with Crippen LogP contribution in [0.1, 0.15) is 24.0 Å². The highest BCUT2D eigenvalue weighted by Crippen LogP contribution is 2.29. The van der Waals surface area contributed by atoms with Gasteiger partial charge in [0.25, 0.3) is 5.56 Å². The second-order valence-corrected chi connectivity index (χ2v) is 8.13. The van der Waals surface area contributed by atoms with Crippen LogP contribution in [0.4, 0.5) is 5.13 Å². The number of carbonyl (C=O) groups is 1. The zero-order valence-electron chi connectivity index (χ0n) is 16.6. The molecule has 1 saturated heterocycles. The van der Waals surface area contributed by atoms with Crippen molar-refractivity contribution in [3.05, 3.63) is 50.2 Å². The summed E-state index contributed by atoms with van der Waals surface area (Å²) in [4.78, 5) is 45.3. The number of benzene rings is 1. The summed E-state index contributed by atoms with van der Waals surface area (Å²) in [5.41, 5.74) is 1.54. The van der Waals surface area contributed by atoms with Crippen molar-refractivity contribution in [2.75, 3.05) is 25.1 Å². The lowest BCUT2D eigenvalue weighted by atomic mass is 10.1. The van der Waals surface area contributed by atoms with E-state index in [2.05, 4.69) is 9.88 Å². The molecule has 3 heterocycles. The number of aryl methyl sites for hydroxylation is 1. The Morgan fingerprint density at radius 2 is 1.93 bits per heavy atom. The van der Waals surface area contributed by atoms with Crippen LogP contribution in [-0.2, 0) is 16.1 Å². The Balaban J connectivity index is 2.03. The molecular formula is C20H22N4O4S. The summed E-state index contributed by atoms with van der Waals surface area (Å²) in [6.45, 7) is 5.22. The molecule has 0 unspecified atom stereocenters. The number of anilines is 1. The van der Waals surface area contributed by atoms with Crippen LogP contribution in [0, 0.1) is 13.8 Å². The number of ether oxygens (including phenoxy) is 1. The van der Waals surface area contributed by atoms with Crippen molar-refractivity contribution in [1.29, 1.82) is 0 Å². The van der Waals surface area contributed by atoms with E-state index in [-0.39, 0.29) is 12.2 Å². The fraction of sp³-hybridized carbons (Fsp3) is 0.400. The van der Waals surface area contributed by atoms with E-state index in [4.69, 9.17) is 4.74 Å². The van der Waals surface area contributed by atoms with Crippen LogP contribution in [0.15, 0.2) is 27.8 Å². The molecular weight excluding hydrogens is 392 g/mol. The molecule has 3 aromatic rings. The smallest absolute Gasteiger partial charge is 0.337 e. The quantitative estimate of drug-likeness (QED) is 0.607. The lowest BCUT2D eigenvalue weighted by Gasteiger charge is -2.13. The average Bonchev–Trinajstić information content (AvgIpc) is 3.38. The molecule has 2 aromatic heterocycles. The van der Waals surface area contributed by atoms with E-state index in [1.165, 1.54) is 23.0 Å². The highest BCUT2D eigenvalue weighted by Gasteiger charge is 2.24. The minimum atomic E-state index is -0.597. The molecule has 0 spiro atoms. The molecule has 0 saturated carbocycles. The van der Waals surface area contributed by atoms with Crippen LogP contribution < -0.4 is 16.1 Å². The summed E-state index contributed by atoms with van der Waals surface area (Å²) in [5, 5.41) is 0.700. The molecule has 1 fully saturated rings. The molecule has 0 atom stereocenters. The van der Waals surface area contributed by atoms with Gasteiger partial charge >= 0.3 is 11.7 Å². The van der Waals surface area contributed by atoms with E-state index in [0.29, 0.717) is 15.5 Å². The van der Waals surface area contributed by atoms with Gasteiger partial charge in [-0.15, -0.1) is 0 Å². The van der Waals surface area contributed by atoms with Crippen LogP contribution in [0.25, 0.3) is 16.0 Å². The number of thiazole rings is 1. The molecule has 1 aliphatic rings. The Bertz CT molecular complexity index is 1220. The first kappa shape index (κ1) is 19.4. The maximum Gasteiger partial charge on any atom is 0.337 e. The van der Waals surface area contributed by atoms with E-state index >= 15 is 0 Å². The van der Waals surface area contributed by atoms with Crippen molar-refractivity contribution in [3.63, 3.8) is 0 Å². The summed E-state index contributed by atoms with van der Waals surface area (Å²) >= 11 is 1.27. The zero-order chi connectivity index (χ0) is 20.7. The van der Waals surface area contributed by atoms with Gasteiger partial charge in [0, 0.05) is 13.1 Å². The Kier molecular flexibility index (Phi) is 4.99. The zero-order valence-corrected chi connectivity index (χ0v) is 17.4. The number of hydrogen-bond acceptors (Lipinski definition) is 7. The van der Waals surface area contributed by atoms with Crippen molar-refractivity contribution in [3.8, 4) is 5.69 Å². The number of methoxy groups -OCH3 is 1. The largest absolute Gasteiger partial charge is 0.468 e. The van der Waals surface area contributed by atoms with E-state index in [9.17, 15) is 14.4 Å². The van der Waals surface area contributed by atoms with Crippen LogP contribution in [0.5, 0.6) is 0 Å². The fourth-order valence-electron chi connectivity index (χ4n) is 3.59. The van der Waals surface area contributed by atoms with Gasteiger partial charge in [0.2, 0.25) is 0 Å². The van der Waals surface area contributed by atoms with Crippen molar-refractivity contribution in [2.45, 2.75) is 33.2 Å². The summed E-state index contributed by atoms with van der Waals surface area (Å²) in [7, 11) is 1.27. The molecule has 8 nitrogen and oxygen atoms in total. The number of nitrogens with zero attached hydrogens (tertiary/aromatic N) is 4. The van der Waals surface area contributed by atoms with Crippen LogP contribution in [-0.4, -0.2) is 40.3 Å². The number of aromatic nitrogens is 3. The topological polar surface area (TPSA) is 86.4 Å². The molecule has 1 aliphatic heterocycles. The maximum absolute atomic E-state index is 13.3. The number of esters is 1. The lowest BCUT2D eigenvalue weighted by molar-refractivity contribution is -0.141. The Hall–Kier alpha value is -2.94. The average molecular weight is 414 g/mol. The van der Waals surface area contributed by atoms with Gasteiger partial charge in [-0.1, -0.05) is 23.5 Å². The van der Waals surface area contributed by atoms with Crippen LogP contribution in [0.3, 0.4) is 0 Å². The van der Waals surface area contributed by atoms with Gasteiger partial charge in [-0.05, 0) is 43.9 Å². The summed E-state index contributed by atoms with van der Waals surface area (Å²) in [6, 6.07) is 5.47. The molecule has 29 heavy (non-hydrogen) atoms. The SMILES string of the molecule is COC(=O)Cn1c(=O)n(-c2cccc(C)c2C)c(=O)c2sc(N3CCCC3)nc21. The van der Waals surface area contributed by atoms with Gasteiger partial charge in [-0.3, -0.25) is 14.2 Å². The predicted octanol–water partition coefficient (Wildman–Crippen LogP) is 2.00. The molecule has 0 radical (unpaired) electrons. The first-order valence-corrected chi connectivity index (χ1v) is 10.3. The Labute approximate surface area is 171 Å². The van der Waals surface area contributed by atoms with Crippen LogP contribution in [0.2, 0.25) is 0 Å². The number of hydrogen-bond donors (Lipinski definition) is 0. The van der Waals surface area contributed by atoms with Gasteiger partial charge in [0.1, 0.15) is 11.2 Å². The van der Waals surface area contributed by atoms with Gasteiger partial charge < -0.3 is 9.64 Å². The molecule has 0 N–H and O–H groups in total. The highest BCUT2D eigenvalue weighted by molar-refractivity contribution is 7.22. The molecule has 4 rings (SSSR count). The molecule has 152 valence electrons. The van der Waals surface area contributed by atoms with Gasteiger partial charge in [0.05, 0.1) is 12.8 Å². The second kappa shape index (κ2) is 7.47. The normalized spacial score (nSPS) is 14.0. The lowest BCUT2D eigenvalue weighted by Crippen LogP contribution is -2.40. The Morgan fingerprint density at radius 3 is 2.62 bits per heavy atom. The second-order valence-electron chi connectivity index (χ2n) is 7.15. The summed E-state index contributed by atoms with van der Waals surface area (Å²) in [5.74, 6) is -0.574. The molecule has 1 aromatic carbocycles. The molecule has 9 heteroatoms. The van der Waals surface area contributed by atoms with Crippen LogP contribution >= 0.6 is 11.3 Å². The van der Waals surface area contributed by atoms with E-state index < -0.39 is 17.2 Å². The predicted molar refractivity (Wildman–Crippen MR) is 112 cm³/mol. The van der Waals surface area contributed by atoms with Gasteiger partial charge in [-0.2, -0.15) is 0 Å². The monoisotopic (exact) mass is 414 g/mol. The third kappa shape index (κ3) is 3.25. The van der Waals surface area contributed by atoms with E-state index in [1.54, 1.807) is 12.1 Å². The summed E-state index contributed by atoms with van der Waals surface area (Å²) in [6.07, 6.45) is 2.13. The van der Waals surface area contributed by atoms with Crippen molar-refractivity contribution >= 4 is 32.8 Å². The van der Waals surface area contributed by atoms with E-state index in [0.717, 1.165) is 41.6 Å². The van der Waals surface area contributed by atoms with Gasteiger partial charge in [-0.25, -0.2) is 14.3 Å². The fourth-order valence-corrected chi connectivity index (χ4v) is 4.65. The third-order valence-electron chi connectivity index (χ3n) is 5.38. The van der Waals surface area contributed by atoms with Crippen molar-refractivity contribution in [2.24, 2.45) is 0 Å². The van der Waals surface area contributed by atoms with Crippen molar-refractivity contribution in [1.82, 2.24) is 14.1 Å². The number of fused-ring (bicyclic) bond motifs is 1. The Morgan fingerprint density at radius 1 is 1.21 bits per heavy atom. The molecule has 0 bridgehead atoms. The molecule has 0 amide bonds. The standard InChI is InChI=1S/C20H22N4O4S/c1-12-7-6-8-14(13(12)2)24-18(26)16-17(23(20(24)27)11-15(25)28-3)21-19(29-16)22-9-4-5-10-22/h6-8H,4-5,9-11H2,1-3H3. The summed E-state index contributed by atoms with van der Waals surface area (Å²) < 4.78 is 7.50. The number of rotatable bonds is 4. The van der Waals surface area contributed by atoms with Gasteiger partial charge in [0.15, 0.2) is 10.8 Å². The number of carbonyl (C=O) groups excluding carboxylic acids is 1. The maximum atomic E-state index is 13.3. The highest BCUT2D eigenvalue weighted by atomic mass is 32.1. The third-order valence-corrected chi connectivity index (χ3v) is 6.47. The van der Waals surface area contributed by atoms with E-state index in [1.807, 2.05) is 19.9 Å². The first-order chi connectivity index (χ1) is 13.9. The first-order valence-electron chi connectivity index (χ1n) is 9.47. The minimum absolute atomic E-state index is 0.235.